The van der Waals surface area contributed by atoms with Crippen molar-refractivity contribution in [3.05, 3.63) is 82.3 Å². The van der Waals surface area contributed by atoms with Gasteiger partial charge in [-0.25, -0.2) is 9.97 Å². The number of ether oxygens (including phenoxy) is 1. The molecule has 0 saturated carbocycles. The molecule has 3 aromatic heterocycles. The fourth-order valence-corrected chi connectivity index (χ4v) is 5.34. The number of Topliss-reactive ketones (excluding diaryl/α,β-unsaturated/α-hetero) is 1. The maximum Gasteiger partial charge on any atom is 0.301 e. The van der Waals surface area contributed by atoms with Gasteiger partial charge in [-0.05, 0) is 49.6 Å². The molecule has 190 valence electrons. The first-order valence-corrected chi connectivity index (χ1v) is 13.2. The summed E-state index contributed by atoms with van der Waals surface area (Å²) in [6.07, 6.45) is 6.53. The number of benzene rings is 1. The molecule has 1 amide bonds. The molecule has 1 aromatic carbocycles. The molecule has 0 spiro atoms. The molecular formula is C28H28N4O4S. The summed E-state index contributed by atoms with van der Waals surface area (Å²) in [7, 11) is 0. The molecule has 0 radical (unpaired) electrons. The number of ketones is 1. The highest BCUT2D eigenvalue weighted by atomic mass is 32.1. The van der Waals surface area contributed by atoms with Crippen molar-refractivity contribution in [1.29, 1.82) is 0 Å². The van der Waals surface area contributed by atoms with Crippen LogP contribution in [0.1, 0.15) is 54.7 Å². The van der Waals surface area contributed by atoms with Crippen molar-refractivity contribution in [1.82, 2.24) is 14.4 Å². The van der Waals surface area contributed by atoms with E-state index in [0.717, 1.165) is 24.8 Å². The number of pyridine rings is 1. The lowest BCUT2D eigenvalue weighted by Gasteiger charge is -2.23. The van der Waals surface area contributed by atoms with Crippen molar-refractivity contribution in [3.8, 4) is 5.75 Å². The number of unbranched alkanes of at least 4 members (excludes halogenated alkanes) is 2. The quantitative estimate of drug-likeness (QED) is 0.142. The smallest absolute Gasteiger partial charge is 0.301 e. The molecule has 1 aliphatic heterocycles. The van der Waals surface area contributed by atoms with Gasteiger partial charge in [0, 0.05) is 17.8 Å². The molecule has 1 N–H and O–H groups in total. The van der Waals surface area contributed by atoms with Crippen LogP contribution in [0.4, 0.5) is 5.13 Å². The van der Waals surface area contributed by atoms with Gasteiger partial charge in [0.15, 0.2) is 10.9 Å². The van der Waals surface area contributed by atoms with Gasteiger partial charge in [0.2, 0.25) is 0 Å². The van der Waals surface area contributed by atoms with E-state index in [1.807, 2.05) is 60.8 Å². The summed E-state index contributed by atoms with van der Waals surface area (Å²) in [4.78, 5) is 37.0. The molecular weight excluding hydrogens is 488 g/mol. The first-order chi connectivity index (χ1) is 17.9. The molecule has 1 atom stereocenters. The van der Waals surface area contributed by atoms with Gasteiger partial charge in [-0.3, -0.25) is 14.5 Å². The molecule has 8 nitrogen and oxygen atoms in total. The number of carbonyl (C=O) groups excluding carboxylic acids is 2. The summed E-state index contributed by atoms with van der Waals surface area (Å²) in [5.74, 6) is -1.19. The summed E-state index contributed by atoms with van der Waals surface area (Å²) in [6.45, 7) is 6.46. The van der Waals surface area contributed by atoms with Crippen molar-refractivity contribution in [2.24, 2.45) is 0 Å². The maximum atomic E-state index is 13.4. The summed E-state index contributed by atoms with van der Waals surface area (Å²) in [6, 6.07) is 10.3. The predicted octanol–water partition coefficient (Wildman–Crippen LogP) is 5.60. The first-order valence-electron chi connectivity index (χ1n) is 12.3. The molecule has 9 heteroatoms. The lowest BCUT2D eigenvalue weighted by Crippen LogP contribution is -2.29. The van der Waals surface area contributed by atoms with Crippen LogP contribution in [0.15, 0.2) is 59.7 Å². The second-order valence-corrected chi connectivity index (χ2v) is 9.92. The van der Waals surface area contributed by atoms with Gasteiger partial charge in [-0.15, -0.1) is 11.3 Å². The number of hydrogen-bond donors (Lipinski definition) is 1. The molecule has 5 rings (SSSR count). The average Bonchev–Trinajstić information content (AvgIpc) is 3.60. The zero-order valence-corrected chi connectivity index (χ0v) is 21.8. The van der Waals surface area contributed by atoms with Crippen LogP contribution in [0.3, 0.4) is 0 Å². The number of imidazole rings is 1. The van der Waals surface area contributed by atoms with Crippen molar-refractivity contribution >= 4 is 39.6 Å². The van der Waals surface area contributed by atoms with Crippen molar-refractivity contribution in [3.63, 3.8) is 0 Å². The van der Waals surface area contributed by atoms with E-state index in [0.29, 0.717) is 34.4 Å². The van der Waals surface area contributed by atoms with Crippen molar-refractivity contribution < 1.29 is 19.4 Å². The zero-order chi connectivity index (χ0) is 26.1. The van der Waals surface area contributed by atoms with E-state index in [-0.39, 0.29) is 17.0 Å². The topological polar surface area (TPSA) is 97.0 Å². The van der Waals surface area contributed by atoms with E-state index in [1.54, 1.807) is 11.6 Å². The van der Waals surface area contributed by atoms with Crippen LogP contribution in [0.2, 0.25) is 0 Å². The Labute approximate surface area is 218 Å². The number of fused-ring (bicyclic) bond motifs is 1. The number of carbonyl (C=O) groups is 2. The lowest BCUT2D eigenvalue weighted by molar-refractivity contribution is -0.132. The zero-order valence-electron chi connectivity index (χ0n) is 21.0. The lowest BCUT2D eigenvalue weighted by atomic mass is 9.96. The van der Waals surface area contributed by atoms with Crippen LogP contribution in [-0.2, 0) is 9.59 Å². The molecule has 1 aliphatic rings. The average molecular weight is 517 g/mol. The number of hydrogen-bond acceptors (Lipinski definition) is 7. The standard InChI is InChI=1S/C28H28N4O4S/c1-4-5-6-14-36-20-11-7-10-19(16-20)23-21(25(34)27(35)32(23)28-29-12-15-37-28)24(33)22-18(3)31-13-8-9-17(2)26(31)30-22/h7-13,15-16,23,33H,4-6,14H2,1-3H3. The highest BCUT2D eigenvalue weighted by Crippen LogP contribution is 2.43. The number of aliphatic hydroxyl groups is 1. The Morgan fingerprint density at radius 3 is 2.73 bits per heavy atom. The Morgan fingerprint density at radius 1 is 1.16 bits per heavy atom. The van der Waals surface area contributed by atoms with E-state index in [1.165, 1.54) is 16.2 Å². The number of amides is 1. The fourth-order valence-electron chi connectivity index (χ4n) is 4.67. The molecule has 37 heavy (non-hydrogen) atoms. The highest BCUT2D eigenvalue weighted by Gasteiger charge is 2.48. The van der Waals surface area contributed by atoms with Crippen LogP contribution < -0.4 is 9.64 Å². The van der Waals surface area contributed by atoms with Gasteiger partial charge >= 0.3 is 5.91 Å². The third-order valence-electron chi connectivity index (χ3n) is 6.57. The van der Waals surface area contributed by atoms with E-state index >= 15 is 0 Å². The van der Waals surface area contributed by atoms with Crippen LogP contribution >= 0.6 is 11.3 Å². The minimum Gasteiger partial charge on any atom is -0.505 e. The monoisotopic (exact) mass is 516 g/mol. The van der Waals surface area contributed by atoms with Crippen LogP contribution in [0, 0.1) is 13.8 Å². The number of aliphatic hydroxyl groups excluding tert-OH is 1. The maximum absolute atomic E-state index is 13.4. The number of rotatable bonds is 8. The molecule has 1 unspecified atom stereocenters. The number of thiazole rings is 1. The summed E-state index contributed by atoms with van der Waals surface area (Å²) >= 11 is 1.25. The minimum atomic E-state index is -0.879. The largest absolute Gasteiger partial charge is 0.505 e. The minimum absolute atomic E-state index is 0.0208. The Bertz CT molecular complexity index is 1510. The molecule has 4 aromatic rings. The van der Waals surface area contributed by atoms with Gasteiger partial charge in [0.25, 0.3) is 5.78 Å². The van der Waals surface area contributed by atoms with Gasteiger partial charge < -0.3 is 14.2 Å². The van der Waals surface area contributed by atoms with Gasteiger partial charge in [-0.2, -0.15) is 0 Å². The second-order valence-electron chi connectivity index (χ2n) is 9.04. The van der Waals surface area contributed by atoms with Gasteiger partial charge in [-0.1, -0.05) is 38.0 Å². The number of aryl methyl sites for hydroxylation is 2. The normalized spacial score (nSPS) is 17.2. The fraction of sp³-hybridized carbons (Fsp3) is 0.286. The Morgan fingerprint density at radius 2 is 2.00 bits per heavy atom. The summed E-state index contributed by atoms with van der Waals surface area (Å²) < 4.78 is 7.81. The van der Waals surface area contributed by atoms with E-state index in [2.05, 4.69) is 16.9 Å². The van der Waals surface area contributed by atoms with Crippen molar-refractivity contribution in [2.75, 3.05) is 11.5 Å². The Balaban J connectivity index is 1.65. The van der Waals surface area contributed by atoms with Crippen LogP contribution in [-0.4, -0.2) is 37.8 Å². The second kappa shape index (κ2) is 10.2. The first kappa shape index (κ1) is 24.7. The summed E-state index contributed by atoms with van der Waals surface area (Å²) in [5.41, 5.74) is 3.16. The third kappa shape index (κ3) is 4.40. The van der Waals surface area contributed by atoms with E-state index < -0.39 is 17.7 Å². The van der Waals surface area contributed by atoms with E-state index in [4.69, 9.17) is 4.74 Å². The Kier molecular flexibility index (Phi) is 6.80. The van der Waals surface area contributed by atoms with Crippen LogP contribution in [0.25, 0.3) is 11.4 Å². The molecule has 0 aliphatic carbocycles. The summed E-state index contributed by atoms with van der Waals surface area (Å²) in [5, 5.41) is 13.7. The number of nitrogens with zero attached hydrogens (tertiary/aromatic N) is 4. The molecule has 0 bridgehead atoms. The van der Waals surface area contributed by atoms with Gasteiger partial charge in [0.1, 0.15) is 17.1 Å². The Hall–Kier alpha value is -3.98. The van der Waals surface area contributed by atoms with E-state index in [9.17, 15) is 14.7 Å². The number of anilines is 1. The molecule has 1 saturated heterocycles. The molecule has 1 fully saturated rings. The third-order valence-corrected chi connectivity index (χ3v) is 7.34. The van der Waals surface area contributed by atoms with Crippen LogP contribution in [0.5, 0.6) is 5.75 Å². The predicted molar refractivity (Wildman–Crippen MR) is 143 cm³/mol. The van der Waals surface area contributed by atoms with Crippen molar-refractivity contribution in [2.45, 2.75) is 46.1 Å². The number of aromatic nitrogens is 3. The van der Waals surface area contributed by atoms with Gasteiger partial charge in [0.05, 0.1) is 23.9 Å². The SMILES string of the molecule is CCCCCOc1cccc(C2C(=C(O)c3nc4c(C)cccn4c3C)C(=O)C(=O)N2c2nccs2)c1. The molecule has 4 heterocycles. The highest BCUT2D eigenvalue weighted by molar-refractivity contribution is 7.14.